The number of benzene rings is 1. The van der Waals surface area contributed by atoms with Crippen LogP contribution in [0.1, 0.15) is 19.4 Å². The van der Waals surface area contributed by atoms with E-state index in [9.17, 15) is 0 Å². The molecule has 1 aromatic carbocycles. The third kappa shape index (κ3) is 2.46. The SMILES string of the molecule is CC.Cc1ccc(-c2ccon2)cc1. The van der Waals surface area contributed by atoms with Crippen LogP contribution in [0.4, 0.5) is 0 Å². The minimum atomic E-state index is 0.884. The number of aryl methyl sites for hydroxylation is 1. The molecule has 0 spiro atoms. The quantitative estimate of drug-likeness (QED) is 0.684. The molecule has 2 heteroatoms. The van der Waals surface area contributed by atoms with Crippen molar-refractivity contribution < 1.29 is 4.52 Å². The van der Waals surface area contributed by atoms with Crippen LogP contribution in [0.5, 0.6) is 0 Å². The molecule has 0 aliphatic carbocycles. The summed E-state index contributed by atoms with van der Waals surface area (Å²) in [6, 6.07) is 10.0. The molecular formula is C12H15NO. The molecule has 0 unspecified atom stereocenters. The van der Waals surface area contributed by atoms with Gasteiger partial charge in [0.25, 0.3) is 0 Å². The molecule has 1 aromatic heterocycles. The minimum Gasteiger partial charge on any atom is -0.364 e. The van der Waals surface area contributed by atoms with Gasteiger partial charge in [0.2, 0.25) is 0 Å². The van der Waals surface area contributed by atoms with Crippen molar-refractivity contribution in [3.8, 4) is 11.3 Å². The first-order chi connectivity index (χ1) is 6.86. The Hall–Kier alpha value is -1.57. The molecule has 0 amide bonds. The van der Waals surface area contributed by atoms with Crippen molar-refractivity contribution in [2.75, 3.05) is 0 Å². The second-order valence-corrected chi connectivity index (χ2v) is 2.75. The first-order valence-electron chi connectivity index (χ1n) is 4.84. The van der Waals surface area contributed by atoms with E-state index in [2.05, 4.69) is 24.2 Å². The second-order valence-electron chi connectivity index (χ2n) is 2.75. The zero-order valence-corrected chi connectivity index (χ0v) is 8.82. The van der Waals surface area contributed by atoms with Gasteiger partial charge >= 0.3 is 0 Å². The summed E-state index contributed by atoms with van der Waals surface area (Å²) in [5.41, 5.74) is 3.23. The summed E-state index contributed by atoms with van der Waals surface area (Å²) in [5, 5.41) is 3.84. The van der Waals surface area contributed by atoms with Gasteiger partial charge in [0.05, 0.1) is 0 Å². The standard InChI is InChI=1S/C10H9NO.C2H6/c1-8-2-4-9(5-3-8)10-6-7-12-11-10;1-2/h2-7H,1H3;1-2H3. The van der Waals surface area contributed by atoms with E-state index in [4.69, 9.17) is 4.52 Å². The van der Waals surface area contributed by atoms with E-state index in [1.165, 1.54) is 5.56 Å². The fourth-order valence-electron chi connectivity index (χ4n) is 1.09. The first kappa shape index (κ1) is 10.5. The highest BCUT2D eigenvalue weighted by Crippen LogP contribution is 2.16. The van der Waals surface area contributed by atoms with E-state index in [0.717, 1.165) is 11.3 Å². The van der Waals surface area contributed by atoms with Gasteiger partial charge in [-0.05, 0) is 6.92 Å². The van der Waals surface area contributed by atoms with Crippen LogP contribution in [-0.2, 0) is 0 Å². The van der Waals surface area contributed by atoms with Crippen LogP contribution in [-0.4, -0.2) is 5.16 Å². The molecule has 0 fully saturated rings. The highest BCUT2D eigenvalue weighted by atomic mass is 16.5. The smallest absolute Gasteiger partial charge is 0.124 e. The zero-order valence-electron chi connectivity index (χ0n) is 8.82. The number of hydrogen-bond acceptors (Lipinski definition) is 2. The van der Waals surface area contributed by atoms with Gasteiger partial charge in [-0.1, -0.05) is 48.8 Å². The van der Waals surface area contributed by atoms with Crippen molar-refractivity contribution in [2.45, 2.75) is 20.8 Å². The predicted octanol–water partition coefficient (Wildman–Crippen LogP) is 3.68. The van der Waals surface area contributed by atoms with Crippen LogP contribution >= 0.6 is 0 Å². The number of hydrogen-bond donors (Lipinski definition) is 0. The maximum Gasteiger partial charge on any atom is 0.124 e. The van der Waals surface area contributed by atoms with E-state index in [1.807, 2.05) is 32.0 Å². The molecule has 0 bridgehead atoms. The van der Waals surface area contributed by atoms with Gasteiger partial charge in [0.15, 0.2) is 0 Å². The maximum atomic E-state index is 4.75. The Morgan fingerprint density at radius 3 is 2.14 bits per heavy atom. The van der Waals surface area contributed by atoms with Crippen LogP contribution in [0.3, 0.4) is 0 Å². The Bertz CT molecular complexity index is 348. The molecule has 0 radical (unpaired) electrons. The molecule has 2 aromatic rings. The van der Waals surface area contributed by atoms with Crippen molar-refractivity contribution in [3.05, 3.63) is 42.2 Å². The minimum absolute atomic E-state index is 0.884. The monoisotopic (exact) mass is 189 g/mol. The van der Waals surface area contributed by atoms with E-state index in [-0.39, 0.29) is 0 Å². The van der Waals surface area contributed by atoms with Crippen molar-refractivity contribution in [2.24, 2.45) is 0 Å². The van der Waals surface area contributed by atoms with E-state index in [1.54, 1.807) is 6.26 Å². The topological polar surface area (TPSA) is 26.0 Å². The van der Waals surface area contributed by atoms with Crippen LogP contribution < -0.4 is 0 Å². The van der Waals surface area contributed by atoms with Gasteiger partial charge in [-0.2, -0.15) is 0 Å². The number of nitrogens with zero attached hydrogens (tertiary/aromatic N) is 1. The lowest BCUT2D eigenvalue weighted by Gasteiger charge is -1.94. The van der Waals surface area contributed by atoms with Gasteiger partial charge in [0.1, 0.15) is 12.0 Å². The Balaban J connectivity index is 0.000000461. The molecule has 1 heterocycles. The Morgan fingerprint density at radius 1 is 1.00 bits per heavy atom. The summed E-state index contributed by atoms with van der Waals surface area (Å²) < 4.78 is 4.75. The van der Waals surface area contributed by atoms with Crippen molar-refractivity contribution >= 4 is 0 Å². The summed E-state index contributed by atoms with van der Waals surface area (Å²) in [5.74, 6) is 0. The lowest BCUT2D eigenvalue weighted by Crippen LogP contribution is -1.76. The second kappa shape index (κ2) is 5.22. The average molecular weight is 189 g/mol. The van der Waals surface area contributed by atoms with Crippen LogP contribution in [0.15, 0.2) is 41.1 Å². The predicted molar refractivity (Wildman–Crippen MR) is 58.0 cm³/mol. The Morgan fingerprint density at radius 2 is 1.64 bits per heavy atom. The van der Waals surface area contributed by atoms with Gasteiger partial charge in [-0.3, -0.25) is 0 Å². The van der Waals surface area contributed by atoms with Gasteiger partial charge < -0.3 is 4.52 Å². The van der Waals surface area contributed by atoms with Crippen LogP contribution in [0.2, 0.25) is 0 Å². The Labute approximate surface area is 84.6 Å². The van der Waals surface area contributed by atoms with Crippen molar-refractivity contribution in [1.82, 2.24) is 5.16 Å². The number of rotatable bonds is 1. The normalized spacial score (nSPS) is 9.07. The molecule has 74 valence electrons. The third-order valence-electron chi connectivity index (χ3n) is 1.79. The summed E-state index contributed by atoms with van der Waals surface area (Å²) in [6.07, 6.45) is 1.58. The first-order valence-corrected chi connectivity index (χ1v) is 4.84. The fraction of sp³-hybridized carbons (Fsp3) is 0.250. The van der Waals surface area contributed by atoms with Crippen LogP contribution in [0, 0.1) is 6.92 Å². The lowest BCUT2D eigenvalue weighted by atomic mass is 10.1. The molecule has 0 saturated heterocycles. The molecule has 0 aliphatic rings. The van der Waals surface area contributed by atoms with Gasteiger partial charge in [-0.15, -0.1) is 0 Å². The van der Waals surface area contributed by atoms with E-state index in [0.29, 0.717) is 0 Å². The van der Waals surface area contributed by atoms with Gasteiger partial charge in [0, 0.05) is 11.6 Å². The van der Waals surface area contributed by atoms with Crippen molar-refractivity contribution in [3.63, 3.8) is 0 Å². The Kier molecular flexibility index (Phi) is 3.92. The molecule has 0 aliphatic heterocycles. The molecule has 0 atom stereocenters. The summed E-state index contributed by atoms with van der Waals surface area (Å²) in [6.45, 7) is 6.06. The third-order valence-corrected chi connectivity index (χ3v) is 1.79. The molecule has 0 N–H and O–H groups in total. The van der Waals surface area contributed by atoms with Crippen molar-refractivity contribution in [1.29, 1.82) is 0 Å². The molecule has 14 heavy (non-hydrogen) atoms. The lowest BCUT2D eigenvalue weighted by molar-refractivity contribution is 0.422. The summed E-state index contributed by atoms with van der Waals surface area (Å²) in [7, 11) is 0. The molecule has 2 nitrogen and oxygen atoms in total. The van der Waals surface area contributed by atoms with Crippen LogP contribution in [0.25, 0.3) is 11.3 Å². The average Bonchev–Trinajstić information content (AvgIpc) is 2.75. The number of aromatic nitrogens is 1. The molecule has 2 rings (SSSR count). The largest absolute Gasteiger partial charge is 0.364 e. The van der Waals surface area contributed by atoms with E-state index < -0.39 is 0 Å². The highest BCUT2D eigenvalue weighted by molar-refractivity contribution is 5.58. The fourth-order valence-corrected chi connectivity index (χ4v) is 1.09. The molecule has 0 saturated carbocycles. The highest BCUT2D eigenvalue weighted by Gasteiger charge is 1.98. The zero-order chi connectivity index (χ0) is 10.4. The molecular weight excluding hydrogens is 174 g/mol. The summed E-state index contributed by atoms with van der Waals surface area (Å²) in [4.78, 5) is 0. The van der Waals surface area contributed by atoms with Gasteiger partial charge in [-0.25, -0.2) is 0 Å². The maximum absolute atomic E-state index is 4.75. The summed E-state index contributed by atoms with van der Waals surface area (Å²) >= 11 is 0. The van der Waals surface area contributed by atoms with E-state index >= 15 is 0 Å².